The van der Waals surface area contributed by atoms with Gasteiger partial charge in [0.05, 0.1) is 10.6 Å². The number of carbonyl (C=O) groups excluding carboxylic acids is 1. The zero-order valence-corrected chi connectivity index (χ0v) is 12.8. The first-order valence-electron chi connectivity index (χ1n) is 5.59. The highest BCUT2D eigenvalue weighted by Gasteiger charge is 2.25. The molecule has 110 valence electrons. The highest BCUT2D eigenvalue weighted by Crippen LogP contribution is 2.27. The van der Waals surface area contributed by atoms with Gasteiger partial charge in [0.15, 0.2) is 12.6 Å². The minimum atomic E-state index is -1.38. The molecule has 0 radical (unpaired) electrons. The van der Waals surface area contributed by atoms with Crippen LogP contribution in [0.3, 0.4) is 0 Å². The van der Waals surface area contributed by atoms with Gasteiger partial charge in [-0.2, -0.15) is 0 Å². The Morgan fingerprint density at radius 3 is 2.65 bits per heavy atom. The Kier molecular flexibility index (Phi) is 6.25. The molecule has 1 aromatic carbocycles. The van der Waals surface area contributed by atoms with Crippen LogP contribution < -0.4 is 10.1 Å². The first kappa shape index (κ1) is 16.7. The number of carboxylic acid groups (broad SMARTS) is 1. The summed E-state index contributed by atoms with van der Waals surface area (Å²) in [7, 11) is 0. The standard InChI is InChI=1S/C12H13BrClNO5/c1-6(16)11(12(18)19)15-10(17)5-20-9-3-2-7(14)4-8(9)13/h2-4,6,11,16H,5H2,1H3,(H,15,17)(H,18,19)/t6-,11+/m1/s1. The van der Waals surface area contributed by atoms with Gasteiger partial charge in [0, 0.05) is 5.02 Å². The summed E-state index contributed by atoms with van der Waals surface area (Å²) in [5.41, 5.74) is 0. The summed E-state index contributed by atoms with van der Waals surface area (Å²) in [6.45, 7) is 0.895. The molecule has 8 heteroatoms. The lowest BCUT2D eigenvalue weighted by Gasteiger charge is -2.17. The van der Waals surface area contributed by atoms with E-state index in [-0.39, 0.29) is 6.61 Å². The number of aliphatic hydroxyl groups excluding tert-OH is 1. The maximum atomic E-state index is 11.6. The molecule has 0 bridgehead atoms. The molecular weight excluding hydrogens is 353 g/mol. The third kappa shape index (κ3) is 4.99. The van der Waals surface area contributed by atoms with Gasteiger partial charge in [0.1, 0.15) is 5.75 Å². The molecular formula is C12H13BrClNO5. The lowest BCUT2D eigenvalue weighted by Crippen LogP contribution is -2.49. The quantitative estimate of drug-likeness (QED) is 0.708. The average Bonchev–Trinajstić information content (AvgIpc) is 2.34. The number of rotatable bonds is 6. The lowest BCUT2D eigenvalue weighted by molar-refractivity contribution is -0.145. The fourth-order valence-electron chi connectivity index (χ4n) is 1.34. The number of benzene rings is 1. The van der Waals surface area contributed by atoms with Gasteiger partial charge >= 0.3 is 5.97 Å². The molecule has 20 heavy (non-hydrogen) atoms. The van der Waals surface area contributed by atoms with Gasteiger partial charge in [-0.3, -0.25) is 4.79 Å². The first-order chi connectivity index (χ1) is 9.31. The van der Waals surface area contributed by atoms with Gasteiger partial charge < -0.3 is 20.3 Å². The molecule has 0 aromatic heterocycles. The maximum Gasteiger partial charge on any atom is 0.328 e. The number of hydrogen-bond acceptors (Lipinski definition) is 4. The SMILES string of the molecule is C[C@@H](O)[C@H](NC(=O)COc1ccc(Cl)cc1Br)C(=O)O. The number of amides is 1. The number of halogens is 2. The van der Waals surface area contributed by atoms with Gasteiger partial charge in [-0.15, -0.1) is 0 Å². The normalized spacial score (nSPS) is 13.4. The predicted octanol–water partition coefficient (Wildman–Crippen LogP) is 1.43. The summed E-state index contributed by atoms with van der Waals surface area (Å²) in [4.78, 5) is 22.4. The van der Waals surface area contributed by atoms with Crippen molar-refractivity contribution in [2.24, 2.45) is 0 Å². The van der Waals surface area contributed by atoms with Crippen LogP contribution in [0.2, 0.25) is 5.02 Å². The second kappa shape index (κ2) is 7.47. The molecule has 0 aliphatic carbocycles. The van der Waals surface area contributed by atoms with Crippen LogP contribution in [0.15, 0.2) is 22.7 Å². The van der Waals surface area contributed by atoms with E-state index in [9.17, 15) is 14.7 Å². The zero-order chi connectivity index (χ0) is 15.3. The van der Waals surface area contributed by atoms with Crippen LogP contribution in [-0.2, 0) is 9.59 Å². The lowest BCUT2D eigenvalue weighted by atomic mass is 10.2. The largest absolute Gasteiger partial charge is 0.483 e. The van der Waals surface area contributed by atoms with Crippen molar-refractivity contribution in [1.82, 2.24) is 5.32 Å². The second-order valence-corrected chi connectivity index (χ2v) is 5.28. The number of aliphatic carboxylic acids is 1. The third-order valence-electron chi connectivity index (χ3n) is 2.32. The molecule has 0 aliphatic rings. The minimum absolute atomic E-state index is 0.378. The van der Waals surface area contributed by atoms with Crippen LogP contribution in [0.5, 0.6) is 5.75 Å². The van der Waals surface area contributed by atoms with Crippen molar-refractivity contribution in [2.45, 2.75) is 19.1 Å². The molecule has 0 spiro atoms. The number of carbonyl (C=O) groups is 2. The van der Waals surface area contributed by atoms with E-state index in [0.717, 1.165) is 0 Å². The van der Waals surface area contributed by atoms with E-state index in [1.165, 1.54) is 6.92 Å². The van der Waals surface area contributed by atoms with Gasteiger partial charge in [-0.1, -0.05) is 11.6 Å². The van der Waals surface area contributed by atoms with E-state index in [2.05, 4.69) is 21.2 Å². The van der Waals surface area contributed by atoms with E-state index in [1.54, 1.807) is 18.2 Å². The van der Waals surface area contributed by atoms with Crippen LogP contribution in [0.4, 0.5) is 0 Å². The van der Waals surface area contributed by atoms with E-state index >= 15 is 0 Å². The van der Waals surface area contributed by atoms with Crippen LogP contribution in [-0.4, -0.2) is 40.8 Å². The molecule has 2 atom stereocenters. The number of carboxylic acids is 1. The number of ether oxygens (including phenoxy) is 1. The molecule has 0 saturated carbocycles. The van der Waals surface area contributed by atoms with E-state index < -0.39 is 24.0 Å². The maximum absolute atomic E-state index is 11.6. The topological polar surface area (TPSA) is 95.9 Å². The molecule has 0 saturated heterocycles. The van der Waals surface area contributed by atoms with Crippen LogP contribution >= 0.6 is 27.5 Å². The van der Waals surface area contributed by atoms with Crippen molar-refractivity contribution < 1.29 is 24.5 Å². The van der Waals surface area contributed by atoms with E-state index in [1.807, 2.05) is 0 Å². The molecule has 0 unspecified atom stereocenters. The minimum Gasteiger partial charge on any atom is -0.483 e. The van der Waals surface area contributed by atoms with E-state index in [0.29, 0.717) is 15.2 Å². The molecule has 0 aliphatic heterocycles. The van der Waals surface area contributed by atoms with Crippen LogP contribution in [0, 0.1) is 0 Å². The van der Waals surface area contributed by atoms with Crippen molar-refractivity contribution in [3.63, 3.8) is 0 Å². The molecule has 0 heterocycles. The highest BCUT2D eigenvalue weighted by atomic mass is 79.9. The average molecular weight is 367 g/mol. The number of nitrogens with one attached hydrogen (secondary N) is 1. The third-order valence-corrected chi connectivity index (χ3v) is 3.17. The fraction of sp³-hybridized carbons (Fsp3) is 0.333. The fourth-order valence-corrected chi connectivity index (χ4v) is 2.14. The van der Waals surface area contributed by atoms with E-state index in [4.69, 9.17) is 21.4 Å². The van der Waals surface area contributed by atoms with Crippen LogP contribution in [0.1, 0.15) is 6.92 Å². The zero-order valence-electron chi connectivity index (χ0n) is 10.5. The smallest absolute Gasteiger partial charge is 0.328 e. The molecule has 3 N–H and O–H groups in total. The highest BCUT2D eigenvalue weighted by molar-refractivity contribution is 9.10. The second-order valence-electron chi connectivity index (χ2n) is 3.99. The van der Waals surface area contributed by atoms with Gasteiger partial charge in [0.2, 0.25) is 0 Å². The summed E-state index contributed by atoms with van der Waals surface area (Å²) in [5.74, 6) is -1.57. The number of aliphatic hydroxyl groups is 1. The Morgan fingerprint density at radius 2 is 2.15 bits per heavy atom. The van der Waals surface area contributed by atoms with Crippen molar-refractivity contribution in [2.75, 3.05) is 6.61 Å². The summed E-state index contributed by atoms with van der Waals surface area (Å²) in [6, 6.07) is 3.39. The Bertz CT molecular complexity index is 509. The number of hydrogen-bond donors (Lipinski definition) is 3. The van der Waals surface area contributed by atoms with Gasteiger partial charge in [0.25, 0.3) is 5.91 Å². The Balaban J connectivity index is 2.57. The van der Waals surface area contributed by atoms with Gasteiger partial charge in [-0.05, 0) is 41.1 Å². The monoisotopic (exact) mass is 365 g/mol. The van der Waals surface area contributed by atoms with Crippen molar-refractivity contribution in [3.8, 4) is 5.75 Å². The van der Waals surface area contributed by atoms with Crippen molar-refractivity contribution in [1.29, 1.82) is 0 Å². The molecule has 1 rings (SSSR count). The van der Waals surface area contributed by atoms with Crippen molar-refractivity contribution >= 4 is 39.4 Å². The summed E-state index contributed by atoms with van der Waals surface area (Å²) >= 11 is 8.98. The Hall–Kier alpha value is -1.31. The summed E-state index contributed by atoms with van der Waals surface area (Å²) in [5, 5.41) is 20.7. The summed E-state index contributed by atoms with van der Waals surface area (Å²) in [6.07, 6.45) is -1.21. The Morgan fingerprint density at radius 1 is 1.50 bits per heavy atom. The molecule has 1 aromatic rings. The Labute approximate surface area is 128 Å². The first-order valence-corrected chi connectivity index (χ1v) is 6.76. The summed E-state index contributed by atoms with van der Waals surface area (Å²) < 4.78 is 5.79. The molecule has 1 amide bonds. The molecule has 0 fully saturated rings. The van der Waals surface area contributed by atoms with Gasteiger partial charge in [-0.25, -0.2) is 4.79 Å². The predicted molar refractivity (Wildman–Crippen MR) is 75.9 cm³/mol. The van der Waals surface area contributed by atoms with Crippen molar-refractivity contribution in [3.05, 3.63) is 27.7 Å². The molecule has 6 nitrogen and oxygen atoms in total. The van der Waals surface area contributed by atoms with Crippen LogP contribution in [0.25, 0.3) is 0 Å².